The highest BCUT2D eigenvalue weighted by atomic mass is 16.6. The van der Waals surface area contributed by atoms with Crippen LogP contribution in [0.2, 0.25) is 0 Å². The van der Waals surface area contributed by atoms with E-state index in [0.717, 1.165) is 16.9 Å². The molecule has 0 saturated carbocycles. The van der Waals surface area contributed by atoms with Gasteiger partial charge in [0.05, 0.1) is 6.54 Å². The molecule has 0 aromatic heterocycles. The molecule has 5 nitrogen and oxygen atoms in total. The molecule has 0 unspecified atom stereocenters. The topological polar surface area (TPSA) is 56.8 Å². The molecule has 0 bridgehead atoms. The van der Waals surface area contributed by atoms with Gasteiger partial charge in [-0.3, -0.25) is 4.79 Å². The minimum Gasteiger partial charge on any atom is -0.486 e. The minimum absolute atomic E-state index is 0.0615. The van der Waals surface area contributed by atoms with Gasteiger partial charge in [0.1, 0.15) is 18.5 Å². The SMILES string of the molecule is O=C(COc1ccccc1-c1ccccc1)NC[C@H]1COc2ccccc2O1. The van der Waals surface area contributed by atoms with E-state index >= 15 is 0 Å². The highest BCUT2D eigenvalue weighted by Crippen LogP contribution is 2.31. The van der Waals surface area contributed by atoms with Gasteiger partial charge in [-0.15, -0.1) is 0 Å². The first-order valence-corrected chi connectivity index (χ1v) is 9.22. The molecular weight excluding hydrogens is 354 g/mol. The lowest BCUT2D eigenvalue weighted by atomic mass is 10.1. The van der Waals surface area contributed by atoms with Gasteiger partial charge in [0.2, 0.25) is 0 Å². The van der Waals surface area contributed by atoms with Crippen molar-refractivity contribution in [2.45, 2.75) is 6.10 Å². The van der Waals surface area contributed by atoms with Gasteiger partial charge in [-0.2, -0.15) is 0 Å². The number of nitrogens with one attached hydrogen (secondary N) is 1. The first-order valence-electron chi connectivity index (χ1n) is 9.22. The highest BCUT2D eigenvalue weighted by molar-refractivity contribution is 5.78. The van der Waals surface area contributed by atoms with E-state index in [4.69, 9.17) is 14.2 Å². The van der Waals surface area contributed by atoms with Gasteiger partial charge >= 0.3 is 0 Å². The van der Waals surface area contributed by atoms with E-state index in [0.29, 0.717) is 24.7 Å². The number of benzene rings is 3. The Kier molecular flexibility index (Phi) is 5.43. The Morgan fingerprint density at radius 1 is 0.929 bits per heavy atom. The molecule has 3 aromatic rings. The Hall–Kier alpha value is -3.47. The Morgan fingerprint density at radius 3 is 2.50 bits per heavy atom. The van der Waals surface area contributed by atoms with Crippen LogP contribution >= 0.6 is 0 Å². The van der Waals surface area contributed by atoms with Crippen LogP contribution < -0.4 is 19.5 Å². The third-order valence-electron chi connectivity index (χ3n) is 4.43. The summed E-state index contributed by atoms with van der Waals surface area (Å²) in [4.78, 5) is 12.2. The van der Waals surface area contributed by atoms with Crippen LogP contribution in [0.1, 0.15) is 0 Å². The van der Waals surface area contributed by atoms with Gasteiger partial charge in [-0.1, -0.05) is 60.7 Å². The van der Waals surface area contributed by atoms with Gasteiger partial charge in [-0.05, 0) is 23.8 Å². The molecule has 1 heterocycles. The normalized spacial score (nSPS) is 14.9. The van der Waals surface area contributed by atoms with E-state index < -0.39 is 0 Å². The van der Waals surface area contributed by atoms with Crippen molar-refractivity contribution in [2.75, 3.05) is 19.8 Å². The fourth-order valence-corrected chi connectivity index (χ4v) is 3.03. The lowest BCUT2D eigenvalue weighted by Crippen LogP contribution is -2.42. The molecule has 0 spiro atoms. The Labute approximate surface area is 163 Å². The van der Waals surface area contributed by atoms with Crippen LogP contribution in [-0.4, -0.2) is 31.8 Å². The van der Waals surface area contributed by atoms with E-state index in [1.807, 2.05) is 78.9 Å². The van der Waals surface area contributed by atoms with E-state index in [2.05, 4.69) is 5.32 Å². The van der Waals surface area contributed by atoms with Crippen molar-refractivity contribution < 1.29 is 19.0 Å². The summed E-state index contributed by atoms with van der Waals surface area (Å²) in [6.45, 7) is 0.694. The lowest BCUT2D eigenvalue weighted by molar-refractivity contribution is -0.123. The van der Waals surface area contributed by atoms with E-state index in [-0.39, 0.29) is 18.6 Å². The lowest BCUT2D eigenvalue weighted by Gasteiger charge is -2.26. The van der Waals surface area contributed by atoms with Crippen LogP contribution in [0.25, 0.3) is 11.1 Å². The van der Waals surface area contributed by atoms with Crippen molar-refractivity contribution in [1.82, 2.24) is 5.32 Å². The van der Waals surface area contributed by atoms with Crippen LogP contribution in [0.3, 0.4) is 0 Å². The number of amides is 1. The van der Waals surface area contributed by atoms with Crippen molar-refractivity contribution in [1.29, 1.82) is 0 Å². The van der Waals surface area contributed by atoms with E-state index in [9.17, 15) is 4.79 Å². The largest absolute Gasteiger partial charge is 0.486 e. The molecular formula is C23H21NO4. The van der Waals surface area contributed by atoms with Crippen LogP contribution in [0.5, 0.6) is 17.2 Å². The summed E-state index contributed by atoms with van der Waals surface area (Å²) < 4.78 is 17.3. The fourth-order valence-electron chi connectivity index (χ4n) is 3.03. The van der Waals surface area contributed by atoms with Crippen molar-refractivity contribution in [2.24, 2.45) is 0 Å². The van der Waals surface area contributed by atoms with Crippen LogP contribution in [0, 0.1) is 0 Å². The van der Waals surface area contributed by atoms with E-state index in [1.165, 1.54) is 0 Å². The molecule has 1 amide bonds. The highest BCUT2D eigenvalue weighted by Gasteiger charge is 2.21. The summed E-state index contributed by atoms with van der Waals surface area (Å²) >= 11 is 0. The number of fused-ring (bicyclic) bond motifs is 1. The Bertz CT molecular complexity index is 942. The molecule has 3 aromatic carbocycles. The zero-order valence-corrected chi connectivity index (χ0v) is 15.3. The minimum atomic E-state index is -0.226. The van der Waals surface area contributed by atoms with Crippen molar-refractivity contribution in [3.63, 3.8) is 0 Å². The Balaban J connectivity index is 1.30. The van der Waals surface area contributed by atoms with Gasteiger partial charge < -0.3 is 19.5 Å². The first-order chi connectivity index (χ1) is 13.8. The van der Waals surface area contributed by atoms with Gasteiger partial charge in [0.15, 0.2) is 18.1 Å². The summed E-state index contributed by atoms with van der Waals surface area (Å²) in [7, 11) is 0. The third-order valence-corrected chi connectivity index (χ3v) is 4.43. The zero-order valence-electron chi connectivity index (χ0n) is 15.3. The quantitative estimate of drug-likeness (QED) is 0.714. The standard InChI is InChI=1S/C23H21NO4/c25-23(24-14-18-15-26-21-12-6-7-13-22(21)28-18)16-27-20-11-5-4-10-19(20)17-8-2-1-3-9-17/h1-13,18H,14-16H2,(H,24,25)/t18-/m0/s1. The number of carbonyl (C=O) groups is 1. The maximum absolute atomic E-state index is 12.2. The molecule has 28 heavy (non-hydrogen) atoms. The third kappa shape index (κ3) is 4.26. The molecule has 1 atom stereocenters. The smallest absolute Gasteiger partial charge is 0.258 e. The molecule has 1 aliphatic heterocycles. The average Bonchev–Trinajstić information content (AvgIpc) is 2.77. The van der Waals surface area contributed by atoms with Crippen LogP contribution in [0.4, 0.5) is 0 Å². The molecule has 1 N–H and O–H groups in total. The maximum Gasteiger partial charge on any atom is 0.258 e. The van der Waals surface area contributed by atoms with Crippen LogP contribution in [-0.2, 0) is 4.79 Å². The number of carbonyl (C=O) groups excluding carboxylic acids is 1. The van der Waals surface area contributed by atoms with Gasteiger partial charge in [0, 0.05) is 5.56 Å². The second-order valence-corrected chi connectivity index (χ2v) is 6.45. The average molecular weight is 375 g/mol. The van der Waals surface area contributed by atoms with Crippen molar-refractivity contribution >= 4 is 5.91 Å². The maximum atomic E-state index is 12.2. The first kappa shape index (κ1) is 17.9. The molecule has 142 valence electrons. The molecule has 0 saturated heterocycles. The molecule has 0 aliphatic carbocycles. The monoisotopic (exact) mass is 375 g/mol. The number of hydrogen-bond donors (Lipinski definition) is 1. The van der Waals surface area contributed by atoms with E-state index in [1.54, 1.807) is 0 Å². The number of para-hydroxylation sites is 3. The summed E-state index contributed by atoms with van der Waals surface area (Å²) in [6, 6.07) is 25.1. The summed E-state index contributed by atoms with van der Waals surface area (Å²) in [6.07, 6.45) is -0.226. The van der Waals surface area contributed by atoms with Gasteiger partial charge in [0.25, 0.3) is 5.91 Å². The van der Waals surface area contributed by atoms with Crippen LogP contribution in [0.15, 0.2) is 78.9 Å². The molecule has 0 radical (unpaired) electrons. The predicted octanol–water partition coefficient (Wildman–Crippen LogP) is 3.69. The summed E-state index contributed by atoms with van der Waals surface area (Å²) in [5.74, 6) is 1.90. The number of rotatable bonds is 6. The molecule has 4 rings (SSSR count). The van der Waals surface area contributed by atoms with Crippen molar-refractivity contribution in [3.05, 3.63) is 78.9 Å². The van der Waals surface area contributed by atoms with Gasteiger partial charge in [-0.25, -0.2) is 0 Å². The number of ether oxygens (including phenoxy) is 3. The predicted molar refractivity (Wildman–Crippen MR) is 107 cm³/mol. The Morgan fingerprint density at radius 2 is 1.64 bits per heavy atom. The molecule has 0 fully saturated rings. The molecule has 5 heteroatoms. The second kappa shape index (κ2) is 8.48. The summed E-state index contributed by atoms with van der Waals surface area (Å²) in [5.41, 5.74) is 2.00. The summed E-state index contributed by atoms with van der Waals surface area (Å²) in [5, 5.41) is 2.84. The van der Waals surface area contributed by atoms with Crippen molar-refractivity contribution in [3.8, 4) is 28.4 Å². The fraction of sp³-hybridized carbons (Fsp3) is 0.174. The number of hydrogen-bond acceptors (Lipinski definition) is 4. The molecule has 1 aliphatic rings. The second-order valence-electron chi connectivity index (χ2n) is 6.45. The zero-order chi connectivity index (χ0) is 19.2.